The van der Waals surface area contributed by atoms with Gasteiger partial charge in [-0.1, -0.05) is 50.6 Å². The van der Waals surface area contributed by atoms with E-state index in [1.807, 2.05) is 0 Å². The summed E-state index contributed by atoms with van der Waals surface area (Å²) in [6.07, 6.45) is 2.57. The van der Waals surface area contributed by atoms with E-state index >= 15 is 0 Å². The molecular weight excluding hydrogens is 224 g/mol. The third-order valence-corrected chi connectivity index (χ3v) is 4.57. The van der Waals surface area contributed by atoms with Gasteiger partial charge < -0.3 is 4.98 Å². The molecule has 17 heavy (non-hydrogen) atoms. The predicted octanol–water partition coefficient (Wildman–Crippen LogP) is 2.01. The molecule has 0 aliphatic carbocycles. The van der Waals surface area contributed by atoms with Crippen molar-refractivity contribution in [1.82, 2.24) is 9.88 Å². The highest BCUT2D eigenvalue weighted by molar-refractivity contribution is 6.31. The Bertz CT molecular complexity index is 273. The molecule has 0 atom stereocenters. The second-order valence-corrected chi connectivity index (χ2v) is 6.11. The van der Waals surface area contributed by atoms with Gasteiger partial charge in [0, 0.05) is 6.67 Å². The van der Waals surface area contributed by atoms with Gasteiger partial charge in [-0.15, -0.1) is 0 Å². The smallest absolute Gasteiger partial charge is 0.0930 e. The van der Waals surface area contributed by atoms with Crippen LogP contribution in [0.3, 0.4) is 0 Å². The Kier molecular flexibility index (Phi) is 7.97. The molecule has 0 heterocycles. The van der Waals surface area contributed by atoms with Crippen LogP contribution in [0, 0.1) is 0 Å². The Morgan fingerprint density at radius 2 is 1.82 bits per heavy atom. The topological polar surface area (TPSA) is 15.3 Å². The Morgan fingerprint density at radius 3 is 2.47 bits per heavy atom. The standard InChI is InChI=1S/C14H26N2Si/c1-3-16(4-2)13-15-17-12-8-11-14-9-6-5-7-10-14/h5-7,9-10,15H,3-4,8,11-13,17H2,1-2H3. The number of aryl methyl sites for hydroxylation is 1. The van der Waals surface area contributed by atoms with Gasteiger partial charge >= 0.3 is 0 Å². The van der Waals surface area contributed by atoms with Crippen molar-refractivity contribution >= 4 is 9.68 Å². The summed E-state index contributed by atoms with van der Waals surface area (Å²) in [5.41, 5.74) is 1.48. The molecule has 3 heteroatoms. The molecule has 0 fully saturated rings. The van der Waals surface area contributed by atoms with E-state index in [0.717, 1.165) is 19.8 Å². The maximum atomic E-state index is 3.64. The number of rotatable bonds is 9. The summed E-state index contributed by atoms with van der Waals surface area (Å²) < 4.78 is 0. The van der Waals surface area contributed by atoms with Gasteiger partial charge in [-0.25, -0.2) is 0 Å². The lowest BCUT2D eigenvalue weighted by molar-refractivity contribution is 0.301. The molecule has 1 rings (SSSR count). The first-order chi connectivity index (χ1) is 8.36. The molecule has 0 aliphatic heterocycles. The first-order valence-corrected chi connectivity index (χ1v) is 8.54. The largest absolute Gasteiger partial charge is 0.331 e. The van der Waals surface area contributed by atoms with Gasteiger partial charge in [-0.05, 0) is 31.1 Å². The molecule has 1 aromatic carbocycles. The molecule has 0 amide bonds. The lowest BCUT2D eigenvalue weighted by Crippen LogP contribution is -2.35. The molecule has 0 unspecified atom stereocenters. The van der Waals surface area contributed by atoms with E-state index in [1.165, 1.54) is 24.4 Å². The van der Waals surface area contributed by atoms with Crippen molar-refractivity contribution in [3.8, 4) is 0 Å². The van der Waals surface area contributed by atoms with E-state index in [0.29, 0.717) is 0 Å². The van der Waals surface area contributed by atoms with E-state index in [9.17, 15) is 0 Å². The van der Waals surface area contributed by atoms with E-state index in [2.05, 4.69) is 54.1 Å². The van der Waals surface area contributed by atoms with Gasteiger partial charge in [0.2, 0.25) is 0 Å². The normalized spacial score (nSPS) is 11.7. The van der Waals surface area contributed by atoms with Crippen LogP contribution >= 0.6 is 0 Å². The summed E-state index contributed by atoms with van der Waals surface area (Å²) >= 11 is 0. The summed E-state index contributed by atoms with van der Waals surface area (Å²) in [5.74, 6) is 0. The Morgan fingerprint density at radius 1 is 1.12 bits per heavy atom. The highest BCUT2D eigenvalue weighted by Gasteiger charge is 1.97. The van der Waals surface area contributed by atoms with Gasteiger partial charge in [0.05, 0.1) is 9.68 Å². The fraction of sp³-hybridized carbons (Fsp3) is 0.571. The van der Waals surface area contributed by atoms with Gasteiger partial charge in [0.15, 0.2) is 0 Å². The Labute approximate surface area is 108 Å². The maximum absolute atomic E-state index is 3.64. The van der Waals surface area contributed by atoms with Gasteiger partial charge in [0.25, 0.3) is 0 Å². The average molecular weight is 250 g/mol. The maximum Gasteiger partial charge on any atom is 0.0930 e. The number of nitrogens with one attached hydrogen (secondary N) is 1. The summed E-state index contributed by atoms with van der Waals surface area (Å²) in [6, 6.07) is 12.2. The molecule has 0 bridgehead atoms. The molecule has 2 nitrogen and oxygen atoms in total. The first kappa shape index (κ1) is 14.4. The fourth-order valence-electron chi connectivity index (χ4n) is 1.91. The molecule has 0 radical (unpaired) electrons. The molecule has 96 valence electrons. The van der Waals surface area contributed by atoms with E-state index in [4.69, 9.17) is 0 Å². The number of benzene rings is 1. The van der Waals surface area contributed by atoms with E-state index in [1.54, 1.807) is 0 Å². The minimum atomic E-state index is -0.0577. The van der Waals surface area contributed by atoms with Crippen LogP contribution < -0.4 is 4.98 Å². The van der Waals surface area contributed by atoms with Crippen molar-refractivity contribution in [1.29, 1.82) is 0 Å². The summed E-state index contributed by atoms with van der Waals surface area (Å²) in [4.78, 5) is 6.07. The highest BCUT2D eigenvalue weighted by Crippen LogP contribution is 2.03. The lowest BCUT2D eigenvalue weighted by Gasteiger charge is -2.18. The molecule has 0 aromatic heterocycles. The van der Waals surface area contributed by atoms with Crippen LogP contribution in [-0.2, 0) is 6.42 Å². The predicted molar refractivity (Wildman–Crippen MR) is 79.0 cm³/mol. The van der Waals surface area contributed by atoms with Crippen LogP contribution in [0.25, 0.3) is 0 Å². The fourth-order valence-corrected chi connectivity index (χ4v) is 3.13. The quantitative estimate of drug-likeness (QED) is 0.410. The van der Waals surface area contributed by atoms with Gasteiger partial charge in [-0.3, -0.25) is 4.90 Å². The van der Waals surface area contributed by atoms with Crippen molar-refractivity contribution in [2.45, 2.75) is 32.7 Å². The van der Waals surface area contributed by atoms with Gasteiger partial charge in [0.1, 0.15) is 0 Å². The van der Waals surface area contributed by atoms with E-state index in [-0.39, 0.29) is 9.68 Å². The zero-order valence-electron chi connectivity index (χ0n) is 11.3. The molecule has 1 N–H and O–H groups in total. The van der Waals surface area contributed by atoms with Crippen molar-refractivity contribution in [2.75, 3.05) is 19.8 Å². The lowest BCUT2D eigenvalue weighted by atomic mass is 10.1. The van der Waals surface area contributed by atoms with Gasteiger partial charge in [-0.2, -0.15) is 0 Å². The number of hydrogen-bond acceptors (Lipinski definition) is 2. The zero-order chi connectivity index (χ0) is 12.3. The van der Waals surface area contributed by atoms with Crippen LogP contribution in [0.15, 0.2) is 30.3 Å². The van der Waals surface area contributed by atoms with Crippen LogP contribution in [0.1, 0.15) is 25.8 Å². The summed E-state index contributed by atoms with van der Waals surface area (Å²) in [6.45, 7) is 7.85. The number of nitrogens with zero attached hydrogens (tertiary/aromatic N) is 1. The molecule has 0 spiro atoms. The van der Waals surface area contributed by atoms with Crippen LogP contribution in [-0.4, -0.2) is 34.3 Å². The van der Waals surface area contributed by atoms with E-state index < -0.39 is 0 Å². The minimum absolute atomic E-state index is 0.0577. The Hall–Kier alpha value is -0.643. The second kappa shape index (κ2) is 9.39. The monoisotopic (exact) mass is 250 g/mol. The summed E-state index contributed by atoms with van der Waals surface area (Å²) in [7, 11) is -0.0577. The first-order valence-electron chi connectivity index (χ1n) is 6.83. The average Bonchev–Trinajstić information content (AvgIpc) is 2.39. The molecule has 1 aromatic rings. The third kappa shape index (κ3) is 6.61. The third-order valence-electron chi connectivity index (χ3n) is 3.14. The number of hydrogen-bond donors (Lipinski definition) is 1. The minimum Gasteiger partial charge on any atom is -0.331 e. The summed E-state index contributed by atoms with van der Waals surface area (Å²) in [5, 5.41) is 0. The van der Waals surface area contributed by atoms with Crippen LogP contribution in [0.4, 0.5) is 0 Å². The van der Waals surface area contributed by atoms with Crippen molar-refractivity contribution in [3.05, 3.63) is 35.9 Å². The Balaban J connectivity index is 1.98. The second-order valence-electron chi connectivity index (χ2n) is 4.40. The molecular formula is C14H26N2Si. The zero-order valence-corrected chi connectivity index (χ0v) is 12.7. The van der Waals surface area contributed by atoms with Crippen LogP contribution in [0.5, 0.6) is 0 Å². The van der Waals surface area contributed by atoms with Crippen molar-refractivity contribution in [3.63, 3.8) is 0 Å². The SMILES string of the molecule is CCN(CC)CN[SiH2]CCCc1ccccc1. The van der Waals surface area contributed by atoms with Crippen molar-refractivity contribution in [2.24, 2.45) is 0 Å². The highest BCUT2D eigenvalue weighted by atomic mass is 28.2. The molecule has 0 aliphatic rings. The molecule has 0 saturated carbocycles. The molecule has 0 saturated heterocycles. The van der Waals surface area contributed by atoms with Crippen LogP contribution in [0.2, 0.25) is 6.04 Å². The van der Waals surface area contributed by atoms with Crippen molar-refractivity contribution < 1.29 is 0 Å².